The second-order valence-electron chi connectivity index (χ2n) is 4.01. The minimum absolute atomic E-state index is 0.0144. The third-order valence-corrected chi connectivity index (χ3v) is 2.75. The molecular weight excluding hydrogens is 220 g/mol. The highest BCUT2D eigenvalue weighted by Crippen LogP contribution is 2.22. The summed E-state index contributed by atoms with van der Waals surface area (Å²) in [5.41, 5.74) is 0. The third-order valence-electron chi connectivity index (χ3n) is 2.75. The standard InChI is InChI=1S/C13H12O4/c14-11-7-6-9(13(11)16)8-12(15)17-10-4-2-1-3-5-10/h1-5,9H,6-8H2. The van der Waals surface area contributed by atoms with E-state index in [4.69, 9.17) is 4.74 Å². The smallest absolute Gasteiger partial charge is 0.311 e. The van der Waals surface area contributed by atoms with Crippen molar-refractivity contribution >= 4 is 17.5 Å². The summed E-state index contributed by atoms with van der Waals surface area (Å²) < 4.78 is 5.06. The van der Waals surface area contributed by atoms with Gasteiger partial charge in [0.1, 0.15) is 5.75 Å². The lowest BCUT2D eigenvalue weighted by Crippen LogP contribution is -2.19. The second-order valence-corrected chi connectivity index (χ2v) is 4.01. The normalized spacial score (nSPS) is 19.4. The molecule has 1 fully saturated rings. The van der Waals surface area contributed by atoms with Gasteiger partial charge in [-0.25, -0.2) is 0 Å². The van der Waals surface area contributed by atoms with Crippen molar-refractivity contribution in [2.24, 2.45) is 5.92 Å². The molecule has 2 rings (SSSR count). The molecular formula is C13H12O4. The number of para-hydroxylation sites is 1. The molecule has 1 atom stereocenters. The zero-order valence-electron chi connectivity index (χ0n) is 9.22. The SMILES string of the molecule is O=C(CC1CCC(=O)C1=O)Oc1ccccc1. The molecule has 1 aromatic rings. The number of carbonyl (C=O) groups is 3. The maximum absolute atomic E-state index is 11.5. The molecule has 0 amide bonds. The van der Waals surface area contributed by atoms with Crippen LogP contribution in [0, 0.1) is 5.92 Å². The van der Waals surface area contributed by atoms with Crippen LogP contribution in [-0.4, -0.2) is 17.5 Å². The Labute approximate surface area is 98.6 Å². The highest BCUT2D eigenvalue weighted by molar-refractivity contribution is 6.40. The fourth-order valence-electron chi connectivity index (χ4n) is 1.84. The van der Waals surface area contributed by atoms with Gasteiger partial charge in [0.2, 0.25) is 5.78 Å². The van der Waals surface area contributed by atoms with Crippen LogP contribution in [0.25, 0.3) is 0 Å². The van der Waals surface area contributed by atoms with Crippen molar-refractivity contribution < 1.29 is 19.1 Å². The zero-order chi connectivity index (χ0) is 12.3. The van der Waals surface area contributed by atoms with E-state index >= 15 is 0 Å². The summed E-state index contributed by atoms with van der Waals surface area (Å²) in [5.74, 6) is -1.31. The number of carbonyl (C=O) groups excluding carboxylic acids is 3. The van der Waals surface area contributed by atoms with Crippen LogP contribution in [-0.2, 0) is 14.4 Å². The van der Waals surface area contributed by atoms with E-state index in [1.165, 1.54) is 0 Å². The van der Waals surface area contributed by atoms with Crippen LogP contribution in [0.2, 0.25) is 0 Å². The predicted molar refractivity (Wildman–Crippen MR) is 59.4 cm³/mol. The number of rotatable bonds is 3. The van der Waals surface area contributed by atoms with Gasteiger partial charge >= 0.3 is 5.97 Å². The molecule has 0 radical (unpaired) electrons. The number of benzene rings is 1. The Morgan fingerprint density at radius 1 is 1.24 bits per heavy atom. The third kappa shape index (κ3) is 2.78. The minimum Gasteiger partial charge on any atom is -0.427 e. The van der Waals surface area contributed by atoms with Gasteiger partial charge in [-0.3, -0.25) is 14.4 Å². The largest absolute Gasteiger partial charge is 0.427 e. The van der Waals surface area contributed by atoms with E-state index in [0.29, 0.717) is 12.2 Å². The zero-order valence-corrected chi connectivity index (χ0v) is 9.22. The summed E-state index contributed by atoms with van der Waals surface area (Å²) in [6.07, 6.45) is 0.698. The summed E-state index contributed by atoms with van der Waals surface area (Å²) in [6.45, 7) is 0. The maximum atomic E-state index is 11.5. The number of ketones is 2. The number of esters is 1. The predicted octanol–water partition coefficient (Wildman–Crippen LogP) is 1.53. The lowest BCUT2D eigenvalue weighted by molar-refractivity contribution is -0.140. The summed E-state index contributed by atoms with van der Waals surface area (Å²) in [6, 6.07) is 8.66. The van der Waals surface area contributed by atoms with Gasteiger partial charge in [0.05, 0.1) is 6.42 Å². The first-order valence-corrected chi connectivity index (χ1v) is 5.49. The summed E-state index contributed by atoms with van der Waals surface area (Å²) >= 11 is 0. The molecule has 0 saturated heterocycles. The highest BCUT2D eigenvalue weighted by Gasteiger charge is 2.34. The van der Waals surface area contributed by atoms with Crippen molar-refractivity contribution in [3.8, 4) is 5.75 Å². The van der Waals surface area contributed by atoms with Crippen molar-refractivity contribution in [2.45, 2.75) is 19.3 Å². The number of Topliss-reactive ketones (excluding diaryl/α,β-unsaturated/α-hetero) is 2. The van der Waals surface area contributed by atoms with Crippen LogP contribution in [0.15, 0.2) is 30.3 Å². The van der Waals surface area contributed by atoms with E-state index in [1.54, 1.807) is 24.3 Å². The van der Waals surface area contributed by atoms with E-state index in [-0.39, 0.29) is 18.6 Å². The Balaban J connectivity index is 1.90. The summed E-state index contributed by atoms with van der Waals surface area (Å²) in [5, 5.41) is 0. The van der Waals surface area contributed by atoms with E-state index in [0.717, 1.165) is 0 Å². The van der Waals surface area contributed by atoms with Crippen LogP contribution in [0.4, 0.5) is 0 Å². The van der Waals surface area contributed by atoms with Gasteiger partial charge in [-0.15, -0.1) is 0 Å². The van der Waals surface area contributed by atoms with Gasteiger partial charge in [-0.1, -0.05) is 18.2 Å². The Hall–Kier alpha value is -1.97. The molecule has 0 bridgehead atoms. The highest BCUT2D eigenvalue weighted by atomic mass is 16.5. The quantitative estimate of drug-likeness (QED) is 0.450. The van der Waals surface area contributed by atoms with Crippen molar-refractivity contribution in [1.29, 1.82) is 0 Å². The molecule has 1 saturated carbocycles. The van der Waals surface area contributed by atoms with E-state index in [9.17, 15) is 14.4 Å². The summed E-state index contributed by atoms with van der Waals surface area (Å²) in [4.78, 5) is 33.9. The summed E-state index contributed by atoms with van der Waals surface area (Å²) in [7, 11) is 0. The Morgan fingerprint density at radius 2 is 1.94 bits per heavy atom. The van der Waals surface area contributed by atoms with Gasteiger partial charge in [-0.05, 0) is 18.6 Å². The van der Waals surface area contributed by atoms with Crippen molar-refractivity contribution in [3.05, 3.63) is 30.3 Å². The molecule has 0 N–H and O–H groups in total. The number of hydrogen-bond donors (Lipinski definition) is 0. The molecule has 1 unspecified atom stereocenters. The lowest BCUT2D eigenvalue weighted by Gasteiger charge is -2.06. The van der Waals surface area contributed by atoms with Crippen LogP contribution in [0.5, 0.6) is 5.75 Å². The first-order valence-electron chi connectivity index (χ1n) is 5.49. The van der Waals surface area contributed by atoms with Crippen molar-refractivity contribution in [3.63, 3.8) is 0 Å². The molecule has 1 aromatic carbocycles. The van der Waals surface area contributed by atoms with Crippen LogP contribution < -0.4 is 4.74 Å². The molecule has 0 aliphatic heterocycles. The molecule has 88 valence electrons. The van der Waals surface area contributed by atoms with Crippen molar-refractivity contribution in [2.75, 3.05) is 0 Å². The van der Waals surface area contributed by atoms with E-state index in [1.807, 2.05) is 6.07 Å². The van der Waals surface area contributed by atoms with Crippen LogP contribution in [0.3, 0.4) is 0 Å². The minimum atomic E-state index is -0.487. The van der Waals surface area contributed by atoms with Gasteiger partial charge < -0.3 is 4.74 Å². The molecule has 4 heteroatoms. The molecule has 0 heterocycles. The Bertz CT molecular complexity index is 450. The second kappa shape index (κ2) is 4.91. The molecule has 17 heavy (non-hydrogen) atoms. The molecule has 0 spiro atoms. The Morgan fingerprint density at radius 3 is 2.53 bits per heavy atom. The molecule has 0 aromatic heterocycles. The van der Waals surface area contributed by atoms with Crippen molar-refractivity contribution in [1.82, 2.24) is 0 Å². The van der Waals surface area contributed by atoms with Gasteiger partial charge in [0.15, 0.2) is 5.78 Å². The van der Waals surface area contributed by atoms with Crippen LogP contribution >= 0.6 is 0 Å². The monoisotopic (exact) mass is 232 g/mol. The number of hydrogen-bond acceptors (Lipinski definition) is 4. The fraction of sp³-hybridized carbons (Fsp3) is 0.308. The average Bonchev–Trinajstić information content (AvgIpc) is 2.62. The van der Waals surface area contributed by atoms with Gasteiger partial charge in [0.25, 0.3) is 0 Å². The lowest BCUT2D eigenvalue weighted by atomic mass is 10.0. The van der Waals surface area contributed by atoms with Gasteiger partial charge in [0, 0.05) is 12.3 Å². The Kier molecular flexibility index (Phi) is 3.32. The van der Waals surface area contributed by atoms with Gasteiger partial charge in [-0.2, -0.15) is 0 Å². The average molecular weight is 232 g/mol. The fourth-order valence-corrected chi connectivity index (χ4v) is 1.84. The molecule has 1 aliphatic rings. The number of ether oxygens (including phenoxy) is 1. The molecule has 1 aliphatic carbocycles. The first kappa shape index (κ1) is 11.5. The van der Waals surface area contributed by atoms with E-state index in [2.05, 4.69) is 0 Å². The van der Waals surface area contributed by atoms with E-state index < -0.39 is 17.7 Å². The first-order chi connectivity index (χ1) is 8.16. The maximum Gasteiger partial charge on any atom is 0.311 e. The molecule has 4 nitrogen and oxygen atoms in total. The topological polar surface area (TPSA) is 60.4 Å². The van der Waals surface area contributed by atoms with Crippen LogP contribution in [0.1, 0.15) is 19.3 Å².